The van der Waals surface area contributed by atoms with Crippen LogP contribution in [0.15, 0.2) is 18.2 Å². The third-order valence-corrected chi connectivity index (χ3v) is 4.54. The van der Waals surface area contributed by atoms with Crippen molar-refractivity contribution in [1.29, 1.82) is 0 Å². The van der Waals surface area contributed by atoms with Crippen molar-refractivity contribution in [3.8, 4) is 0 Å². The van der Waals surface area contributed by atoms with Crippen LogP contribution < -0.4 is 5.32 Å². The Bertz CT molecular complexity index is 383. The zero-order valence-corrected chi connectivity index (χ0v) is 12.1. The van der Waals surface area contributed by atoms with Gasteiger partial charge in [0.1, 0.15) is 0 Å². The lowest BCUT2D eigenvalue weighted by Crippen LogP contribution is -2.18. The van der Waals surface area contributed by atoms with Crippen molar-refractivity contribution < 1.29 is 0 Å². The van der Waals surface area contributed by atoms with Gasteiger partial charge in [-0.1, -0.05) is 32.3 Å². The fraction of sp³-hybridized carbons (Fsp3) is 0.647. The summed E-state index contributed by atoms with van der Waals surface area (Å²) in [6.45, 7) is 6.71. The molecule has 1 fully saturated rings. The first kappa shape index (κ1) is 13.5. The molecule has 100 valence electrons. The van der Waals surface area contributed by atoms with Crippen molar-refractivity contribution in [1.82, 2.24) is 0 Å². The van der Waals surface area contributed by atoms with Crippen LogP contribution in [0.3, 0.4) is 0 Å². The van der Waals surface area contributed by atoms with Crippen LogP contribution in [0.2, 0.25) is 0 Å². The van der Waals surface area contributed by atoms with E-state index in [0.29, 0.717) is 6.04 Å². The Morgan fingerprint density at radius 1 is 1.06 bits per heavy atom. The Labute approximate surface area is 112 Å². The van der Waals surface area contributed by atoms with Crippen LogP contribution in [-0.2, 0) is 0 Å². The first-order valence-electron chi connectivity index (χ1n) is 7.53. The normalized spacial score (nSPS) is 24.6. The SMILES string of the molecule is CCC1CCCC(Nc2ccc(C)c(C)c2)CC1. The second kappa shape index (κ2) is 6.26. The number of nitrogens with one attached hydrogen (secondary N) is 1. The van der Waals surface area contributed by atoms with E-state index in [1.54, 1.807) is 0 Å². The number of hydrogen-bond acceptors (Lipinski definition) is 1. The molecule has 1 aromatic rings. The average molecular weight is 245 g/mol. The quantitative estimate of drug-likeness (QED) is 0.733. The van der Waals surface area contributed by atoms with Crippen LogP contribution in [0.25, 0.3) is 0 Å². The van der Waals surface area contributed by atoms with Crippen molar-refractivity contribution in [2.45, 2.75) is 65.3 Å². The van der Waals surface area contributed by atoms with Gasteiger partial charge in [-0.2, -0.15) is 0 Å². The number of anilines is 1. The predicted molar refractivity (Wildman–Crippen MR) is 80.2 cm³/mol. The Hall–Kier alpha value is -0.980. The highest BCUT2D eigenvalue weighted by atomic mass is 14.9. The molecule has 0 bridgehead atoms. The van der Waals surface area contributed by atoms with Crippen LogP contribution in [0.5, 0.6) is 0 Å². The van der Waals surface area contributed by atoms with Gasteiger partial charge in [0.15, 0.2) is 0 Å². The molecule has 0 aliphatic heterocycles. The molecule has 0 radical (unpaired) electrons. The summed E-state index contributed by atoms with van der Waals surface area (Å²) in [5.41, 5.74) is 4.07. The van der Waals surface area contributed by atoms with E-state index in [-0.39, 0.29) is 0 Å². The van der Waals surface area contributed by atoms with Crippen molar-refractivity contribution in [2.24, 2.45) is 5.92 Å². The van der Waals surface area contributed by atoms with E-state index < -0.39 is 0 Å². The lowest BCUT2D eigenvalue weighted by Gasteiger charge is -2.18. The van der Waals surface area contributed by atoms with Gasteiger partial charge in [0, 0.05) is 11.7 Å². The van der Waals surface area contributed by atoms with Crippen LogP contribution in [0.1, 0.15) is 56.6 Å². The predicted octanol–water partition coefficient (Wildman–Crippen LogP) is 5.07. The molecule has 1 N–H and O–H groups in total. The molecule has 1 aromatic carbocycles. The molecule has 1 nitrogen and oxygen atoms in total. The monoisotopic (exact) mass is 245 g/mol. The Kier molecular flexibility index (Phi) is 4.68. The maximum atomic E-state index is 3.73. The second-order valence-corrected chi connectivity index (χ2v) is 5.92. The van der Waals surface area contributed by atoms with Crippen molar-refractivity contribution in [3.63, 3.8) is 0 Å². The first-order chi connectivity index (χ1) is 8.69. The lowest BCUT2D eigenvalue weighted by atomic mass is 9.98. The maximum Gasteiger partial charge on any atom is 0.0345 e. The molecule has 0 heterocycles. The number of aryl methyl sites for hydroxylation is 2. The molecule has 2 atom stereocenters. The van der Waals surface area contributed by atoms with Gasteiger partial charge in [0.05, 0.1) is 0 Å². The second-order valence-electron chi connectivity index (χ2n) is 5.92. The van der Waals surface area contributed by atoms with Crippen LogP contribution in [0, 0.1) is 19.8 Å². The van der Waals surface area contributed by atoms with E-state index in [0.717, 1.165) is 5.92 Å². The zero-order chi connectivity index (χ0) is 13.0. The Balaban J connectivity index is 1.94. The minimum atomic E-state index is 0.684. The summed E-state index contributed by atoms with van der Waals surface area (Å²) < 4.78 is 0. The summed E-state index contributed by atoms with van der Waals surface area (Å²) in [4.78, 5) is 0. The van der Waals surface area contributed by atoms with E-state index in [4.69, 9.17) is 0 Å². The highest BCUT2D eigenvalue weighted by Crippen LogP contribution is 2.27. The van der Waals surface area contributed by atoms with E-state index in [9.17, 15) is 0 Å². The van der Waals surface area contributed by atoms with E-state index >= 15 is 0 Å². The van der Waals surface area contributed by atoms with E-state index in [2.05, 4.69) is 44.3 Å². The lowest BCUT2D eigenvalue weighted by molar-refractivity contribution is 0.444. The van der Waals surface area contributed by atoms with Crippen molar-refractivity contribution in [3.05, 3.63) is 29.3 Å². The minimum Gasteiger partial charge on any atom is -0.382 e. The highest BCUT2D eigenvalue weighted by molar-refractivity contribution is 5.48. The molecule has 1 heteroatoms. The van der Waals surface area contributed by atoms with E-state index in [1.807, 2.05) is 0 Å². The van der Waals surface area contributed by atoms with Gasteiger partial charge in [-0.05, 0) is 62.3 Å². The van der Waals surface area contributed by atoms with Gasteiger partial charge in [0.25, 0.3) is 0 Å². The van der Waals surface area contributed by atoms with Gasteiger partial charge < -0.3 is 5.32 Å². The molecule has 1 aliphatic carbocycles. The van der Waals surface area contributed by atoms with Gasteiger partial charge >= 0.3 is 0 Å². The zero-order valence-electron chi connectivity index (χ0n) is 12.1. The number of hydrogen-bond donors (Lipinski definition) is 1. The van der Waals surface area contributed by atoms with Crippen LogP contribution in [-0.4, -0.2) is 6.04 Å². The Morgan fingerprint density at radius 2 is 1.89 bits per heavy atom. The molecule has 2 unspecified atom stereocenters. The summed E-state index contributed by atoms with van der Waals surface area (Å²) in [7, 11) is 0. The van der Waals surface area contributed by atoms with Crippen LogP contribution in [0.4, 0.5) is 5.69 Å². The minimum absolute atomic E-state index is 0.684. The average Bonchev–Trinajstić information content (AvgIpc) is 2.59. The maximum absolute atomic E-state index is 3.73. The molecule has 0 spiro atoms. The molecular formula is C17H27N. The molecule has 2 rings (SSSR count). The fourth-order valence-corrected chi connectivity index (χ4v) is 3.00. The van der Waals surface area contributed by atoms with Gasteiger partial charge in [-0.25, -0.2) is 0 Å². The fourth-order valence-electron chi connectivity index (χ4n) is 3.00. The summed E-state index contributed by atoms with van der Waals surface area (Å²) in [5.74, 6) is 0.969. The third-order valence-electron chi connectivity index (χ3n) is 4.54. The summed E-state index contributed by atoms with van der Waals surface area (Å²) in [6, 6.07) is 7.43. The number of benzene rings is 1. The van der Waals surface area contributed by atoms with Crippen molar-refractivity contribution >= 4 is 5.69 Å². The molecule has 1 saturated carbocycles. The van der Waals surface area contributed by atoms with Crippen molar-refractivity contribution in [2.75, 3.05) is 5.32 Å². The van der Waals surface area contributed by atoms with Gasteiger partial charge in [0.2, 0.25) is 0 Å². The third kappa shape index (κ3) is 3.51. The Morgan fingerprint density at radius 3 is 2.61 bits per heavy atom. The molecular weight excluding hydrogens is 218 g/mol. The number of rotatable bonds is 3. The van der Waals surface area contributed by atoms with E-state index in [1.165, 1.54) is 55.3 Å². The molecule has 0 amide bonds. The van der Waals surface area contributed by atoms with Crippen LogP contribution >= 0.6 is 0 Å². The van der Waals surface area contributed by atoms with Gasteiger partial charge in [-0.15, -0.1) is 0 Å². The summed E-state index contributed by atoms with van der Waals surface area (Å²) >= 11 is 0. The first-order valence-corrected chi connectivity index (χ1v) is 7.53. The van der Waals surface area contributed by atoms with Gasteiger partial charge in [-0.3, -0.25) is 0 Å². The highest BCUT2D eigenvalue weighted by Gasteiger charge is 2.17. The molecule has 18 heavy (non-hydrogen) atoms. The topological polar surface area (TPSA) is 12.0 Å². The summed E-state index contributed by atoms with van der Waals surface area (Å²) in [5, 5.41) is 3.73. The standard InChI is InChI=1S/C17H27N/c1-4-15-6-5-7-16(11-9-15)18-17-10-8-13(2)14(3)12-17/h8,10,12,15-16,18H,4-7,9,11H2,1-3H3. The largest absolute Gasteiger partial charge is 0.382 e. The molecule has 0 aromatic heterocycles. The molecule has 0 saturated heterocycles. The molecule has 1 aliphatic rings. The smallest absolute Gasteiger partial charge is 0.0345 e. The summed E-state index contributed by atoms with van der Waals surface area (Å²) in [6.07, 6.45) is 8.26.